The molecule has 0 unspecified atom stereocenters. The van der Waals surface area contributed by atoms with Crippen LogP contribution in [0.4, 0.5) is 0 Å². The van der Waals surface area contributed by atoms with Crippen LogP contribution in [0.25, 0.3) is 0 Å². The second kappa shape index (κ2) is 7.77. The van der Waals surface area contributed by atoms with Gasteiger partial charge in [-0.2, -0.15) is 0 Å². The molecule has 1 rings (SSSR count). The van der Waals surface area contributed by atoms with E-state index in [2.05, 4.69) is 31.9 Å². The monoisotopic (exact) mass is 249 g/mol. The van der Waals surface area contributed by atoms with Gasteiger partial charge in [0, 0.05) is 13.1 Å². The Kier molecular flexibility index (Phi) is 6.29. The Bertz CT molecular complexity index is 367. The van der Waals surface area contributed by atoms with Crippen LogP contribution in [0.15, 0.2) is 35.9 Å². The molecular weight excluding hydrogens is 226 g/mol. The summed E-state index contributed by atoms with van der Waals surface area (Å²) in [6.45, 7) is 6.80. The quantitative estimate of drug-likeness (QED) is 0.693. The fraction of sp³-hybridized carbons (Fsp3) is 0.467. The summed E-state index contributed by atoms with van der Waals surface area (Å²) in [5, 5.41) is 0. The van der Waals surface area contributed by atoms with E-state index in [1.807, 2.05) is 24.3 Å². The maximum absolute atomic E-state index is 5.67. The summed E-state index contributed by atoms with van der Waals surface area (Å²) in [6, 6.07) is 7.66. The molecule has 0 aliphatic rings. The van der Waals surface area contributed by atoms with Gasteiger partial charge in [-0.3, -0.25) is 4.90 Å². The summed E-state index contributed by atoms with van der Waals surface area (Å²) in [5.41, 5.74) is 1.35. The molecule has 0 radical (unpaired) electrons. The lowest BCUT2D eigenvalue weighted by molar-refractivity contribution is 0.249. The molecule has 0 amide bonds. The van der Waals surface area contributed by atoms with Gasteiger partial charge in [-0.15, -0.1) is 0 Å². The summed E-state index contributed by atoms with van der Waals surface area (Å²) in [7, 11) is 3.75. The second-order valence-electron chi connectivity index (χ2n) is 4.57. The zero-order valence-electron chi connectivity index (χ0n) is 11.8. The van der Waals surface area contributed by atoms with Crippen LogP contribution in [-0.4, -0.2) is 38.8 Å². The molecule has 0 N–H and O–H groups in total. The molecule has 0 aromatic heterocycles. The Balaban J connectivity index is 2.26. The molecule has 0 saturated heterocycles. The van der Waals surface area contributed by atoms with Crippen LogP contribution in [0.2, 0.25) is 0 Å². The highest BCUT2D eigenvalue weighted by atomic mass is 16.5. The van der Waals surface area contributed by atoms with Crippen LogP contribution in [0.3, 0.4) is 0 Å². The molecule has 0 aliphatic carbocycles. The topological polar surface area (TPSA) is 21.7 Å². The van der Waals surface area contributed by atoms with Crippen molar-refractivity contribution in [2.75, 3.05) is 33.9 Å². The smallest absolute Gasteiger partial charge is 0.119 e. The fourth-order valence-electron chi connectivity index (χ4n) is 1.42. The van der Waals surface area contributed by atoms with Crippen molar-refractivity contribution in [1.29, 1.82) is 0 Å². The van der Waals surface area contributed by atoms with Crippen molar-refractivity contribution in [3.63, 3.8) is 0 Å². The van der Waals surface area contributed by atoms with Crippen LogP contribution >= 0.6 is 0 Å². The molecule has 100 valence electrons. The molecule has 0 saturated carbocycles. The van der Waals surface area contributed by atoms with Gasteiger partial charge in [0.2, 0.25) is 0 Å². The number of methoxy groups -OCH3 is 1. The fourth-order valence-corrected chi connectivity index (χ4v) is 1.42. The summed E-state index contributed by atoms with van der Waals surface area (Å²) < 4.78 is 10.8. The SMILES string of the molecule is COc1ccc(OCCN(C)CC=C(C)C)cc1. The first kappa shape index (κ1) is 14.6. The number of nitrogens with zero attached hydrogens (tertiary/aromatic N) is 1. The third-order valence-corrected chi connectivity index (χ3v) is 2.61. The summed E-state index contributed by atoms with van der Waals surface area (Å²) in [4.78, 5) is 2.23. The molecule has 3 nitrogen and oxygen atoms in total. The van der Waals surface area contributed by atoms with E-state index in [1.54, 1.807) is 7.11 Å². The van der Waals surface area contributed by atoms with E-state index in [0.717, 1.165) is 24.6 Å². The van der Waals surface area contributed by atoms with Crippen LogP contribution < -0.4 is 9.47 Å². The van der Waals surface area contributed by atoms with E-state index in [1.165, 1.54) is 5.57 Å². The summed E-state index contributed by atoms with van der Waals surface area (Å²) in [6.07, 6.45) is 2.22. The van der Waals surface area contributed by atoms with Crippen molar-refractivity contribution in [3.8, 4) is 11.5 Å². The lowest BCUT2D eigenvalue weighted by Gasteiger charge is -2.15. The molecule has 18 heavy (non-hydrogen) atoms. The highest BCUT2D eigenvalue weighted by molar-refractivity contribution is 5.31. The van der Waals surface area contributed by atoms with Crippen LogP contribution in [0.1, 0.15) is 13.8 Å². The minimum Gasteiger partial charge on any atom is -0.497 e. The minimum atomic E-state index is 0.694. The van der Waals surface area contributed by atoms with E-state index in [0.29, 0.717) is 6.61 Å². The highest BCUT2D eigenvalue weighted by Crippen LogP contribution is 2.16. The largest absolute Gasteiger partial charge is 0.497 e. The van der Waals surface area contributed by atoms with E-state index in [4.69, 9.17) is 9.47 Å². The Morgan fingerprint density at radius 3 is 2.33 bits per heavy atom. The molecule has 0 spiro atoms. The van der Waals surface area contributed by atoms with Gasteiger partial charge in [-0.1, -0.05) is 11.6 Å². The first-order chi connectivity index (χ1) is 8.61. The number of benzene rings is 1. The van der Waals surface area contributed by atoms with E-state index in [9.17, 15) is 0 Å². The Labute approximate surface area is 110 Å². The molecule has 0 aliphatic heterocycles. The second-order valence-corrected chi connectivity index (χ2v) is 4.57. The van der Waals surface area contributed by atoms with Gasteiger partial charge >= 0.3 is 0 Å². The zero-order chi connectivity index (χ0) is 13.4. The van der Waals surface area contributed by atoms with Crippen molar-refractivity contribution in [1.82, 2.24) is 4.90 Å². The van der Waals surface area contributed by atoms with Gasteiger partial charge in [-0.25, -0.2) is 0 Å². The van der Waals surface area contributed by atoms with Crippen molar-refractivity contribution in [3.05, 3.63) is 35.9 Å². The van der Waals surface area contributed by atoms with Crippen molar-refractivity contribution in [2.24, 2.45) is 0 Å². The Morgan fingerprint density at radius 1 is 1.17 bits per heavy atom. The van der Waals surface area contributed by atoms with E-state index in [-0.39, 0.29) is 0 Å². The Hall–Kier alpha value is -1.48. The maximum Gasteiger partial charge on any atom is 0.119 e. The van der Waals surface area contributed by atoms with E-state index >= 15 is 0 Å². The number of hydrogen-bond acceptors (Lipinski definition) is 3. The first-order valence-electron chi connectivity index (χ1n) is 6.20. The predicted molar refractivity (Wildman–Crippen MR) is 75.4 cm³/mol. The third kappa shape index (κ3) is 5.73. The molecule has 1 aromatic carbocycles. The predicted octanol–water partition coefficient (Wildman–Crippen LogP) is 2.97. The molecule has 0 bridgehead atoms. The average molecular weight is 249 g/mol. The van der Waals surface area contributed by atoms with Crippen LogP contribution in [0.5, 0.6) is 11.5 Å². The van der Waals surface area contributed by atoms with Gasteiger partial charge in [0.05, 0.1) is 7.11 Å². The number of hydrogen-bond donors (Lipinski definition) is 0. The highest BCUT2D eigenvalue weighted by Gasteiger charge is 1.98. The number of likely N-dealkylation sites (N-methyl/N-ethyl adjacent to an activating group) is 1. The average Bonchev–Trinajstić information content (AvgIpc) is 2.37. The van der Waals surface area contributed by atoms with E-state index < -0.39 is 0 Å². The lowest BCUT2D eigenvalue weighted by Crippen LogP contribution is -2.24. The number of allylic oxidation sites excluding steroid dienone is 1. The first-order valence-corrected chi connectivity index (χ1v) is 6.20. The van der Waals surface area contributed by atoms with Gasteiger partial charge in [0.1, 0.15) is 18.1 Å². The number of rotatable bonds is 7. The van der Waals surface area contributed by atoms with Crippen LogP contribution in [0, 0.1) is 0 Å². The Morgan fingerprint density at radius 2 is 1.78 bits per heavy atom. The maximum atomic E-state index is 5.67. The van der Waals surface area contributed by atoms with Crippen molar-refractivity contribution in [2.45, 2.75) is 13.8 Å². The van der Waals surface area contributed by atoms with Crippen molar-refractivity contribution < 1.29 is 9.47 Å². The molecule has 0 heterocycles. The third-order valence-electron chi connectivity index (χ3n) is 2.61. The molecule has 3 heteroatoms. The summed E-state index contributed by atoms with van der Waals surface area (Å²) >= 11 is 0. The molecule has 0 atom stereocenters. The standard InChI is InChI=1S/C15H23NO2/c1-13(2)9-10-16(3)11-12-18-15-7-5-14(17-4)6-8-15/h5-9H,10-12H2,1-4H3. The van der Waals surface area contributed by atoms with Gasteiger partial charge in [-0.05, 0) is 45.2 Å². The zero-order valence-corrected chi connectivity index (χ0v) is 11.8. The van der Waals surface area contributed by atoms with Crippen LogP contribution in [-0.2, 0) is 0 Å². The van der Waals surface area contributed by atoms with Crippen molar-refractivity contribution >= 4 is 0 Å². The lowest BCUT2D eigenvalue weighted by atomic mass is 10.3. The van der Waals surface area contributed by atoms with Gasteiger partial charge < -0.3 is 9.47 Å². The summed E-state index contributed by atoms with van der Waals surface area (Å²) in [5.74, 6) is 1.73. The number of ether oxygens (including phenoxy) is 2. The molecule has 0 fully saturated rings. The minimum absolute atomic E-state index is 0.694. The molecule has 1 aromatic rings. The van der Waals surface area contributed by atoms with Gasteiger partial charge in [0.25, 0.3) is 0 Å². The molecular formula is C15H23NO2. The van der Waals surface area contributed by atoms with Gasteiger partial charge in [0.15, 0.2) is 0 Å². The normalized spacial score (nSPS) is 10.3.